The van der Waals surface area contributed by atoms with Crippen LogP contribution in [0.25, 0.3) is 5.76 Å². The lowest BCUT2D eigenvalue weighted by molar-refractivity contribution is -0.140. The van der Waals surface area contributed by atoms with Crippen molar-refractivity contribution in [3.05, 3.63) is 95.6 Å². The van der Waals surface area contributed by atoms with Crippen molar-refractivity contribution < 1.29 is 19.4 Å². The molecule has 4 rings (SSSR count). The molecular weight excluding hydrogens is 430 g/mol. The maximum atomic E-state index is 13.1. The molecular formula is C27H27N3O4. The fourth-order valence-corrected chi connectivity index (χ4v) is 4.02. The average Bonchev–Trinajstić information content (AvgIpc) is 3.12. The van der Waals surface area contributed by atoms with Crippen LogP contribution in [0.4, 0.5) is 0 Å². The van der Waals surface area contributed by atoms with Crippen molar-refractivity contribution in [1.29, 1.82) is 0 Å². The summed E-state index contributed by atoms with van der Waals surface area (Å²) < 4.78 is 5.74. The normalized spacial score (nSPS) is 17.2. The molecule has 3 aromatic rings. The largest absolute Gasteiger partial charge is 0.507 e. The van der Waals surface area contributed by atoms with Gasteiger partial charge in [-0.1, -0.05) is 31.9 Å². The predicted molar refractivity (Wildman–Crippen MR) is 128 cm³/mol. The number of hydrogen-bond acceptors (Lipinski definition) is 6. The number of aliphatic hydroxyl groups is 1. The van der Waals surface area contributed by atoms with Crippen LogP contribution in [-0.2, 0) is 16.1 Å². The average molecular weight is 458 g/mol. The lowest BCUT2D eigenvalue weighted by Gasteiger charge is -2.25. The first-order valence-corrected chi connectivity index (χ1v) is 11.4. The third-order valence-corrected chi connectivity index (χ3v) is 5.76. The second kappa shape index (κ2) is 10.7. The number of nitrogens with zero attached hydrogens (tertiary/aromatic N) is 3. The molecule has 0 bridgehead atoms. The maximum absolute atomic E-state index is 13.1. The number of aromatic nitrogens is 2. The third-order valence-electron chi connectivity index (χ3n) is 5.76. The smallest absolute Gasteiger partial charge is 0.295 e. The Morgan fingerprint density at radius 2 is 1.74 bits per heavy atom. The summed E-state index contributed by atoms with van der Waals surface area (Å²) in [6.45, 7) is 2.94. The first-order chi connectivity index (χ1) is 16.6. The molecule has 1 aliphatic heterocycles. The lowest BCUT2D eigenvalue weighted by Crippen LogP contribution is -2.29. The zero-order chi connectivity index (χ0) is 23.9. The molecule has 0 aliphatic carbocycles. The number of likely N-dealkylation sites (tertiary alicyclic amines) is 1. The van der Waals surface area contributed by atoms with E-state index in [2.05, 4.69) is 16.9 Å². The molecule has 0 spiro atoms. The zero-order valence-electron chi connectivity index (χ0n) is 19.1. The van der Waals surface area contributed by atoms with E-state index in [1.54, 1.807) is 67.3 Å². The molecule has 3 heterocycles. The van der Waals surface area contributed by atoms with Crippen LogP contribution in [0.2, 0.25) is 0 Å². The Hall–Kier alpha value is -4.00. The Kier molecular flexibility index (Phi) is 7.32. The Bertz CT molecular complexity index is 1160. The molecule has 7 heteroatoms. The summed E-state index contributed by atoms with van der Waals surface area (Å²) in [5, 5.41) is 11.2. The summed E-state index contributed by atoms with van der Waals surface area (Å²) >= 11 is 0. The molecule has 0 radical (unpaired) electrons. The second-order valence-electron chi connectivity index (χ2n) is 8.15. The van der Waals surface area contributed by atoms with Crippen LogP contribution in [0.3, 0.4) is 0 Å². The van der Waals surface area contributed by atoms with Gasteiger partial charge < -0.3 is 14.7 Å². The van der Waals surface area contributed by atoms with Crippen LogP contribution >= 0.6 is 0 Å². The van der Waals surface area contributed by atoms with E-state index < -0.39 is 17.7 Å². The van der Waals surface area contributed by atoms with Crippen LogP contribution in [0.15, 0.2) is 78.9 Å². The molecule has 1 N–H and O–H groups in total. The molecule has 1 fully saturated rings. The number of benzene rings is 1. The highest BCUT2D eigenvalue weighted by atomic mass is 16.5. The SMILES string of the molecule is CCCCCOc1ccc(/C(O)=C2/C(=O)C(=O)N(Cc3cccnc3)C2c2cccnc2)cc1. The highest BCUT2D eigenvalue weighted by Crippen LogP contribution is 2.40. The van der Waals surface area contributed by atoms with E-state index >= 15 is 0 Å². The minimum atomic E-state index is -0.765. The zero-order valence-corrected chi connectivity index (χ0v) is 19.1. The number of ketones is 1. The molecule has 1 amide bonds. The number of ether oxygens (including phenoxy) is 1. The number of pyridine rings is 2. The van der Waals surface area contributed by atoms with Gasteiger partial charge in [0.15, 0.2) is 0 Å². The van der Waals surface area contributed by atoms with Gasteiger partial charge in [0, 0.05) is 36.9 Å². The number of Topliss-reactive ketones (excluding diaryl/α,β-unsaturated/α-hetero) is 1. The van der Waals surface area contributed by atoms with Gasteiger partial charge in [0.25, 0.3) is 11.7 Å². The van der Waals surface area contributed by atoms with Gasteiger partial charge in [0.2, 0.25) is 0 Å². The Morgan fingerprint density at radius 1 is 1.00 bits per heavy atom. The standard InChI is InChI=1S/C27H27N3O4/c1-2-3-4-15-34-22-11-9-20(10-12-22)25(31)23-24(21-8-6-14-29-17-21)30(27(33)26(23)32)18-19-7-5-13-28-16-19/h5-14,16-17,24,31H,2-4,15,18H2,1H3/b25-23-. The molecule has 174 valence electrons. The van der Waals surface area contributed by atoms with Gasteiger partial charge in [-0.2, -0.15) is 0 Å². The summed E-state index contributed by atoms with van der Waals surface area (Å²) in [4.78, 5) is 35.9. The summed E-state index contributed by atoms with van der Waals surface area (Å²) in [6.07, 6.45) is 9.72. The molecule has 1 aromatic carbocycles. The number of rotatable bonds is 9. The molecule has 1 atom stereocenters. The van der Waals surface area contributed by atoms with Crippen LogP contribution < -0.4 is 4.74 Å². The second-order valence-corrected chi connectivity index (χ2v) is 8.15. The van der Waals surface area contributed by atoms with E-state index in [9.17, 15) is 14.7 Å². The Labute approximate surface area is 198 Å². The van der Waals surface area contributed by atoms with Crippen molar-refractivity contribution in [3.8, 4) is 5.75 Å². The topological polar surface area (TPSA) is 92.6 Å². The quantitative estimate of drug-likeness (QED) is 0.217. The van der Waals surface area contributed by atoms with Crippen LogP contribution in [0, 0.1) is 0 Å². The molecule has 1 aliphatic rings. The van der Waals surface area contributed by atoms with Gasteiger partial charge in [-0.05, 0) is 53.9 Å². The number of carbonyl (C=O) groups is 2. The molecule has 1 unspecified atom stereocenters. The fourth-order valence-electron chi connectivity index (χ4n) is 4.02. The predicted octanol–water partition coefficient (Wildman–Crippen LogP) is 4.67. The minimum absolute atomic E-state index is 0.0403. The minimum Gasteiger partial charge on any atom is -0.507 e. The van der Waals surface area contributed by atoms with Gasteiger partial charge in [-0.25, -0.2) is 0 Å². The van der Waals surface area contributed by atoms with E-state index in [-0.39, 0.29) is 17.9 Å². The van der Waals surface area contributed by atoms with Crippen LogP contribution in [0.5, 0.6) is 5.75 Å². The van der Waals surface area contributed by atoms with E-state index in [4.69, 9.17) is 4.74 Å². The van der Waals surface area contributed by atoms with Crippen molar-refractivity contribution in [2.75, 3.05) is 6.61 Å². The van der Waals surface area contributed by atoms with Crippen LogP contribution in [-0.4, -0.2) is 38.3 Å². The van der Waals surface area contributed by atoms with E-state index in [0.29, 0.717) is 23.5 Å². The summed E-state index contributed by atoms with van der Waals surface area (Å²) in [7, 11) is 0. The fraction of sp³-hybridized carbons (Fsp3) is 0.259. The highest BCUT2D eigenvalue weighted by molar-refractivity contribution is 6.46. The molecule has 7 nitrogen and oxygen atoms in total. The highest BCUT2D eigenvalue weighted by Gasteiger charge is 2.46. The van der Waals surface area contributed by atoms with E-state index in [1.807, 2.05) is 6.07 Å². The first kappa shape index (κ1) is 23.2. The maximum Gasteiger partial charge on any atom is 0.295 e. The molecule has 2 aromatic heterocycles. The van der Waals surface area contributed by atoms with Crippen molar-refractivity contribution >= 4 is 17.4 Å². The molecule has 1 saturated heterocycles. The van der Waals surface area contributed by atoms with Gasteiger partial charge in [0.1, 0.15) is 11.5 Å². The number of unbranched alkanes of at least 4 members (excludes halogenated alkanes) is 2. The van der Waals surface area contributed by atoms with Gasteiger partial charge in [0.05, 0.1) is 18.2 Å². The number of hydrogen-bond donors (Lipinski definition) is 1. The van der Waals surface area contributed by atoms with Gasteiger partial charge in [-0.3, -0.25) is 19.6 Å². The Balaban J connectivity index is 1.68. The van der Waals surface area contributed by atoms with E-state index in [1.165, 1.54) is 4.90 Å². The first-order valence-electron chi connectivity index (χ1n) is 11.4. The monoisotopic (exact) mass is 457 g/mol. The Morgan fingerprint density at radius 3 is 2.38 bits per heavy atom. The number of carbonyl (C=O) groups excluding carboxylic acids is 2. The van der Waals surface area contributed by atoms with E-state index in [0.717, 1.165) is 24.8 Å². The summed E-state index contributed by atoms with van der Waals surface area (Å²) in [5.74, 6) is -0.933. The van der Waals surface area contributed by atoms with Crippen molar-refractivity contribution in [2.24, 2.45) is 0 Å². The lowest BCUT2D eigenvalue weighted by atomic mass is 9.96. The number of amides is 1. The van der Waals surface area contributed by atoms with Crippen molar-refractivity contribution in [1.82, 2.24) is 14.9 Å². The number of aliphatic hydroxyl groups excluding tert-OH is 1. The third kappa shape index (κ3) is 4.98. The van der Waals surface area contributed by atoms with Crippen molar-refractivity contribution in [2.45, 2.75) is 38.8 Å². The molecule has 34 heavy (non-hydrogen) atoms. The van der Waals surface area contributed by atoms with Crippen LogP contribution in [0.1, 0.15) is 48.9 Å². The van der Waals surface area contributed by atoms with Gasteiger partial charge >= 0.3 is 0 Å². The molecule has 0 saturated carbocycles. The summed E-state index contributed by atoms with van der Waals surface area (Å²) in [6, 6.07) is 13.3. The summed E-state index contributed by atoms with van der Waals surface area (Å²) in [5.41, 5.74) is 1.90. The van der Waals surface area contributed by atoms with Gasteiger partial charge in [-0.15, -0.1) is 0 Å². The van der Waals surface area contributed by atoms with Crippen molar-refractivity contribution in [3.63, 3.8) is 0 Å².